The summed E-state index contributed by atoms with van der Waals surface area (Å²) >= 11 is 0. The van der Waals surface area contributed by atoms with Crippen molar-refractivity contribution in [2.75, 3.05) is 24.4 Å². The van der Waals surface area contributed by atoms with Gasteiger partial charge >= 0.3 is 0 Å². The van der Waals surface area contributed by atoms with E-state index in [4.69, 9.17) is 9.47 Å². The lowest BCUT2D eigenvalue weighted by atomic mass is 9.76. The number of rotatable bonds is 5. The molecule has 2 fully saturated rings. The highest BCUT2D eigenvalue weighted by molar-refractivity contribution is 6.22. The van der Waals surface area contributed by atoms with Gasteiger partial charge in [0.1, 0.15) is 11.5 Å². The molecule has 7 heteroatoms. The van der Waals surface area contributed by atoms with Crippen molar-refractivity contribution < 1.29 is 23.9 Å². The third-order valence-electron chi connectivity index (χ3n) is 6.23. The van der Waals surface area contributed by atoms with Crippen molar-refractivity contribution in [1.82, 2.24) is 0 Å². The number of nitrogens with zero attached hydrogens (tertiary/aromatic N) is 1. The molecular weight excluding hydrogens is 396 g/mol. The molecule has 0 radical (unpaired) electrons. The second kappa shape index (κ2) is 8.41. The molecule has 3 amide bonds. The molecule has 0 bridgehead atoms. The lowest BCUT2D eigenvalue weighted by Crippen LogP contribution is -2.30. The summed E-state index contributed by atoms with van der Waals surface area (Å²) < 4.78 is 10.5. The van der Waals surface area contributed by atoms with Gasteiger partial charge in [0.15, 0.2) is 0 Å². The number of nitrogens with one attached hydrogen (secondary N) is 1. The molecule has 1 saturated carbocycles. The average molecular weight is 422 g/mol. The summed E-state index contributed by atoms with van der Waals surface area (Å²) in [6.45, 7) is 2.13. The highest BCUT2D eigenvalue weighted by Crippen LogP contribution is 2.42. The van der Waals surface area contributed by atoms with Crippen LogP contribution >= 0.6 is 0 Å². The Balaban J connectivity index is 1.52. The molecule has 1 saturated heterocycles. The number of hydrogen-bond acceptors (Lipinski definition) is 5. The molecule has 4 rings (SSSR count). The van der Waals surface area contributed by atoms with Gasteiger partial charge in [-0.05, 0) is 61.6 Å². The third kappa shape index (κ3) is 3.87. The number of carbonyl (C=O) groups is 3. The number of fused-ring (bicyclic) bond motifs is 1. The van der Waals surface area contributed by atoms with Gasteiger partial charge in [0.2, 0.25) is 11.8 Å². The van der Waals surface area contributed by atoms with E-state index >= 15 is 0 Å². The van der Waals surface area contributed by atoms with E-state index in [1.165, 1.54) is 12.0 Å². The fourth-order valence-corrected chi connectivity index (χ4v) is 4.51. The van der Waals surface area contributed by atoms with Crippen LogP contribution in [0.4, 0.5) is 11.4 Å². The largest absolute Gasteiger partial charge is 0.497 e. The second-order valence-corrected chi connectivity index (χ2v) is 8.21. The topological polar surface area (TPSA) is 84.9 Å². The van der Waals surface area contributed by atoms with E-state index in [2.05, 4.69) is 12.2 Å². The molecule has 3 atom stereocenters. The normalized spacial score (nSPS) is 22.8. The Bertz CT molecular complexity index is 1020. The van der Waals surface area contributed by atoms with Gasteiger partial charge in [0.25, 0.3) is 5.91 Å². The van der Waals surface area contributed by atoms with Gasteiger partial charge in [-0.15, -0.1) is 0 Å². The Hall–Kier alpha value is -3.35. The van der Waals surface area contributed by atoms with Crippen molar-refractivity contribution in [2.24, 2.45) is 17.8 Å². The SMILES string of the molecule is COc1ccc(OC)c(NC(=O)c2ccc(N3C(=O)[C@H]4CC[C@@H](C)C[C@H]4C3=O)cc2)c1. The fourth-order valence-electron chi connectivity index (χ4n) is 4.51. The molecule has 0 spiro atoms. The highest BCUT2D eigenvalue weighted by atomic mass is 16.5. The molecule has 1 aliphatic carbocycles. The summed E-state index contributed by atoms with van der Waals surface area (Å²) in [5, 5.41) is 2.81. The standard InChI is InChI=1S/C24H26N2O5/c1-14-4-10-18-19(12-14)24(29)26(23(18)28)16-7-5-15(6-8-16)22(27)25-20-13-17(30-2)9-11-21(20)31-3/h5-9,11,13-14,18-19H,4,10,12H2,1-3H3,(H,25,27)/t14-,18+,19-/m1/s1. The van der Waals surface area contributed by atoms with Crippen molar-refractivity contribution in [3.05, 3.63) is 48.0 Å². The van der Waals surface area contributed by atoms with Crippen LogP contribution in [0.15, 0.2) is 42.5 Å². The van der Waals surface area contributed by atoms with Crippen molar-refractivity contribution >= 4 is 29.1 Å². The molecule has 2 aliphatic rings. The first kappa shape index (κ1) is 20.9. The van der Waals surface area contributed by atoms with Crippen molar-refractivity contribution in [3.8, 4) is 11.5 Å². The zero-order valence-corrected chi connectivity index (χ0v) is 17.9. The van der Waals surface area contributed by atoms with E-state index in [1.54, 1.807) is 49.6 Å². The summed E-state index contributed by atoms with van der Waals surface area (Å²) in [6.07, 6.45) is 2.49. The minimum absolute atomic E-state index is 0.125. The van der Waals surface area contributed by atoms with E-state index in [1.807, 2.05) is 0 Å². The van der Waals surface area contributed by atoms with Crippen molar-refractivity contribution in [1.29, 1.82) is 0 Å². The predicted octanol–water partition coefficient (Wildman–Crippen LogP) is 3.88. The minimum Gasteiger partial charge on any atom is -0.497 e. The fraction of sp³-hybridized carbons (Fsp3) is 0.375. The number of ether oxygens (including phenoxy) is 2. The van der Waals surface area contributed by atoms with Crippen molar-refractivity contribution in [3.63, 3.8) is 0 Å². The summed E-state index contributed by atoms with van der Waals surface area (Å²) in [6, 6.07) is 11.6. The van der Waals surface area contributed by atoms with Crippen LogP contribution in [-0.4, -0.2) is 31.9 Å². The van der Waals surface area contributed by atoms with E-state index in [-0.39, 0.29) is 29.6 Å². The van der Waals surface area contributed by atoms with Gasteiger partial charge in [-0.1, -0.05) is 6.92 Å². The summed E-state index contributed by atoms with van der Waals surface area (Å²) in [4.78, 5) is 39.8. The Labute approximate surface area is 181 Å². The number of amides is 3. The Morgan fingerprint density at radius 1 is 0.968 bits per heavy atom. The smallest absolute Gasteiger partial charge is 0.255 e. The zero-order valence-electron chi connectivity index (χ0n) is 17.9. The minimum atomic E-state index is -0.334. The number of anilines is 2. The van der Waals surface area contributed by atoms with Crippen LogP contribution in [0.25, 0.3) is 0 Å². The molecule has 0 unspecified atom stereocenters. The van der Waals surface area contributed by atoms with E-state index in [0.717, 1.165) is 19.3 Å². The molecule has 0 aromatic heterocycles. The van der Waals surface area contributed by atoms with E-state index < -0.39 is 0 Å². The van der Waals surface area contributed by atoms with Crippen LogP contribution in [0.5, 0.6) is 11.5 Å². The molecule has 1 N–H and O–H groups in total. The average Bonchev–Trinajstić information content (AvgIpc) is 3.03. The maximum absolute atomic E-state index is 12.9. The first-order valence-electron chi connectivity index (χ1n) is 10.4. The Morgan fingerprint density at radius 3 is 2.35 bits per heavy atom. The van der Waals surface area contributed by atoms with Crippen LogP contribution in [0.3, 0.4) is 0 Å². The molecule has 31 heavy (non-hydrogen) atoms. The lowest BCUT2D eigenvalue weighted by Gasteiger charge is -2.25. The lowest BCUT2D eigenvalue weighted by molar-refractivity contribution is -0.122. The summed E-state index contributed by atoms with van der Waals surface area (Å²) in [5.41, 5.74) is 1.39. The predicted molar refractivity (Wildman–Crippen MR) is 116 cm³/mol. The zero-order chi connectivity index (χ0) is 22.1. The second-order valence-electron chi connectivity index (χ2n) is 8.21. The summed E-state index contributed by atoms with van der Waals surface area (Å²) in [7, 11) is 3.07. The number of imide groups is 1. The van der Waals surface area contributed by atoms with Gasteiger partial charge in [-0.3, -0.25) is 19.3 Å². The van der Waals surface area contributed by atoms with Gasteiger partial charge in [0, 0.05) is 11.6 Å². The number of carbonyl (C=O) groups excluding carboxylic acids is 3. The number of benzene rings is 2. The van der Waals surface area contributed by atoms with Crippen LogP contribution in [0.2, 0.25) is 0 Å². The molecule has 1 heterocycles. The first-order chi connectivity index (χ1) is 14.9. The van der Waals surface area contributed by atoms with E-state index in [0.29, 0.717) is 34.4 Å². The van der Waals surface area contributed by atoms with Crippen LogP contribution in [0, 0.1) is 17.8 Å². The van der Waals surface area contributed by atoms with Gasteiger partial charge in [-0.25, -0.2) is 0 Å². The monoisotopic (exact) mass is 422 g/mol. The molecule has 7 nitrogen and oxygen atoms in total. The number of hydrogen-bond donors (Lipinski definition) is 1. The van der Waals surface area contributed by atoms with Gasteiger partial charge < -0.3 is 14.8 Å². The van der Waals surface area contributed by atoms with Crippen molar-refractivity contribution in [2.45, 2.75) is 26.2 Å². The number of methoxy groups -OCH3 is 2. The maximum Gasteiger partial charge on any atom is 0.255 e. The Kier molecular flexibility index (Phi) is 5.67. The van der Waals surface area contributed by atoms with Crippen LogP contribution in [-0.2, 0) is 9.59 Å². The van der Waals surface area contributed by atoms with E-state index in [9.17, 15) is 14.4 Å². The molecule has 162 valence electrons. The molecular formula is C24H26N2O5. The van der Waals surface area contributed by atoms with Gasteiger partial charge in [0.05, 0.1) is 37.4 Å². The van der Waals surface area contributed by atoms with Crippen LogP contribution < -0.4 is 19.7 Å². The molecule has 2 aromatic rings. The Morgan fingerprint density at radius 2 is 1.68 bits per heavy atom. The molecule has 2 aromatic carbocycles. The maximum atomic E-state index is 12.9. The first-order valence-corrected chi connectivity index (χ1v) is 10.4. The van der Waals surface area contributed by atoms with Crippen LogP contribution in [0.1, 0.15) is 36.5 Å². The van der Waals surface area contributed by atoms with Gasteiger partial charge in [-0.2, -0.15) is 0 Å². The summed E-state index contributed by atoms with van der Waals surface area (Å²) in [5.74, 6) is 0.536. The molecule has 1 aliphatic heterocycles. The quantitative estimate of drug-likeness (QED) is 0.739. The third-order valence-corrected chi connectivity index (χ3v) is 6.23. The highest BCUT2D eigenvalue weighted by Gasteiger charge is 2.49.